The highest BCUT2D eigenvalue weighted by Gasteiger charge is 2.10. The van der Waals surface area contributed by atoms with Crippen molar-refractivity contribution in [3.63, 3.8) is 0 Å². The molecule has 0 aliphatic rings. The summed E-state index contributed by atoms with van der Waals surface area (Å²) in [6.07, 6.45) is 0.882. The van der Waals surface area contributed by atoms with Crippen LogP contribution in [0.3, 0.4) is 0 Å². The third kappa shape index (κ3) is 3.67. The van der Waals surface area contributed by atoms with E-state index in [0.29, 0.717) is 0 Å². The van der Waals surface area contributed by atoms with E-state index in [1.54, 1.807) is 0 Å². The van der Waals surface area contributed by atoms with Crippen molar-refractivity contribution in [1.29, 1.82) is 0 Å². The molecule has 0 bridgehead atoms. The molecule has 0 spiro atoms. The Balaban J connectivity index is 2.03. The molecule has 116 valence electrons. The number of para-hydroxylation sites is 1. The number of amides is 1. The third-order valence-electron chi connectivity index (χ3n) is 3.89. The SMILES string of the molecule is CCc1ccccc1NC(=O)COc1c(C)ccc(C)c1C. The zero-order valence-corrected chi connectivity index (χ0v) is 13.7. The number of aryl methyl sites for hydroxylation is 3. The van der Waals surface area contributed by atoms with Crippen LogP contribution in [0.5, 0.6) is 5.75 Å². The fourth-order valence-electron chi connectivity index (χ4n) is 2.42. The number of nitrogens with one attached hydrogen (secondary N) is 1. The minimum atomic E-state index is -0.138. The van der Waals surface area contributed by atoms with Gasteiger partial charge in [-0.15, -0.1) is 0 Å². The molecular weight excluding hydrogens is 274 g/mol. The molecule has 0 saturated heterocycles. The maximum Gasteiger partial charge on any atom is 0.262 e. The van der Waals surface area contributed by atoms with Crippen LogP contribution in [-0.2, 0) is 11.2 Å². The number of hydrogen-bond acceptors (Lipinski definition) is 2. The van der Waals surface area contributed by atoms with Crippen LogP contribution in [0.4, 0.5) is 5.69 Å². The molecule has 0 radical (unpaired) electrons. The Kier molecular flexibility index (Phi) is 5.21. The molecule has 1 N–H and O–H groups in total. The van der Waals surface area contributed by atoms with Crippen LogP contribution in [0, 0.1) is 20.8 Å². The van der Waals surface area contributed by atoms with Gasteiger partial charge in [0.2, 0.25) is 0 Å². The first-order valence-electron chi connectivity index (χ1n) is 7.60. The molecule has 2 rings (SSSR count). The van der Waals surface area contributed by atoms with Crippen LogP contribution in [0.1, 0.15) is 29.2 Å². The first kappa shape index (κ1) is 16.1. The molecule has 0 fully saturated rings. The predicted octanol–water partition coefficient (Wildman–Crippen LogP) is 4.19. The van der Waals surface area contributed by atoms with Crippen LogP contribution in [0.2, 0.25) is 0 Å². The molecule has 1 amide bonds. The number of rotatable bonds is 5. The molecule has 3 heteroatoms. The Morgan fingerprint density at radius 2 is 1.73 bits per heavy atom. The molecule has 0 atom stereocenters. The lowest BCUT2D eigenvalue weighted by Crippen LogP contribution is -2.21. The van der Waals surface area contributed by atoms with E-state index < -0.39 is 0 Å². The monoisotopic (exact) mass is 297 g/mol. The van der Waals surface area contributed by atoms with Crippen molar-refractivity contribution in [2.45, 2.75) is 34.1 Å². The lowest BCUT2D eigenvalue weighted by atomic mass is 10.1. The molecule has 0 unspecified atom stereocenters. The van der Waals surface area contributed by atoms with Gasteiger partial charge in [-0.3, -0.25) is 4.79 Å². The predicted molar refractivity (Wildman–Crippen MR) is 90.6 cm³/mol. The van der Waals surface area contributed by atoms with Crippen molar-refractivity contribution >= 4 is 11.6 Å². The molecule has 0 aliphatic heterocycles. The Bertz CT molecular complexity index is 677. The van der Waals surface area contributed by atoms with Crippen LogP contribution >= 0.6 is 0 Å². The second kappa shape index (κ2) is 7.12. The van der Waals surface area contributed by atoms with Crippen LogP contribution in [-0.4, -0.2) is 12.5 Å². The number of carbonyl (C=O) groups is 1. The summed E-state index contributed by atoms with van der Waals surface area (Å²) in [5, 5.41) is 2.92. The lowest BCUT2D eigenvalue weighted by molar-refractivity contribution is -0.118. The highest BCUT2D eigenvalue weighted by molar-refractivity contribution is 5.92. The molecular formula is C19H23NO2. The van der Waals surface area contributed by atoms with E-state index >= 15 is 0 Å². The van der Waals surface area contributed by atoms with Gasteiger partial charge in [-0.1, -0.05) is 37.3 Å². The maximum atomic E-state index is 12.1. The smallest absolute Gasteiger partial charge is 0.262 e. The summed E-state index contributed by atoms with van der Waals surface area (Å²) in [5.41, 5.74) is 5.28. The highest BCUT2D eigenvalue weighted by Crippen LogP contribution is 2.25. The third-order valence-corrected chi connectivity index (χ3v) is 3.89. The van der Waals surface area contributed by atoms with Gasteiger partial charge in [-0.2, -0.15) is 0 Å². The van der Waals surface area contributed by atoms with Gasteiger partial charge in [0.05, 0.1) is 0 Å². The summed E-state index contributed by atoms with van der Waals surface area (Å²) in [6.45, 7) is 8.14. The summed E-state index contributed by atoms with van der Waals surface area (Å²) in [6, 6.07) is 11.9. The first-order valence-corrected chi connectivity index (χ1v) is 7.60. The molecule has 0 heterocycles. The van der Waals surface area contributed by atoms with Gasteiger partial charge in [0.1, 0.15) is 5.75 Å². The normalized spacial score (nSPS) is 10.4. The van der Waals surface area contributed by atoms with Gasteiger partial charge in [0, 0.05) is 5.69 Å². The van der Waals surface area contributed by atoms with Gasteiger partial charge < -0.3 is 10.1 Å². The van der Waals surface area contributed by atoms with Crippen LogP contribution < -0.4 is 10.1 Å². The van der Waals surface area contributed by atoms with E-state index in [1.807, 2.05) is 51.1 Å². The molecule has 0 aliphatic carbocycles. The second-order valence-corrected chi connectivity index (χ2v) is 5.50. The van der Waals surface area contributed by atoms with E-state index in [0.717, 1.165) is 40.1 Å². The number of anilines is 1. The van der Waals surface area contributed by atoms with Gasteiger partial charge in [0.25, 0.3) is 5.91 Å². The van der Waals surface area contributed by atoms with E-state index in [2.05, 4.69) is 18.3 Å². The summed E-state index contributed by atoms with van der Waals surface area (Å²) >= 11 is 0. The Morgan fingerprint density at radius 1 is 1.05 bits per heavy atom. The van der Waals surface area contributed by atoms with E-state index in [-0.39, 0.29) is 12.5 Å². The average molecular weight is 297 g/mol. The van der Waals surface area contributed by atoms with Crippen molar-refractivity contribution in [3.05, 3.63) is 58.7 Å². The maximum absolute atomic E-state index is 12.1. The van der Waals surface area contributed by atoms with Crippen molar-refractivity contribution < 1.29 is 9.53 Å². The van der Waals surface area contributed by atoms with Gasteiger partial charge in [-0.05, 0) is 55.5 Å². The molecule has 22 heavy (non-hydrogen) atoms. The highest BCUT2D eigenvalue weighted by atomic mass is 16.5. The van der Waals surface area contributed by atoms with Crippen molar-refractivity contribution in [2.75, 3.05) is 11.9 Å². The van der Waals surface area contributed by atoms with Crippen molar-refractivity contribution in [2.24, 2.45) is 0 Å². The van der Waals surface area contributed by atoms with Gasteiger partial charge in [0.15, 0.2) is 6.61 Å². The molecule has 0 saturated carbocycles. The first-order chi connectivity index (χ1) is 10.5. The van der Waals surface area contributed by atoms with Gasteiger partial charge >= 0.3 is 0 Å². The molecule has 2 aromatic carbocycles. The van der Waals surface area contributed by atoms with Gasteiger partial charge in [-0.25, -0.2) is 0 Å². The fourth-order valence-corrected chi connectivity index (χ4v) is 2.42. The van der Waals surface area contributed by atoms with Crippen molar-refractivity contribution in [3.8, 4) is 5.75 Å². The Morgan fingerprint density at radius 3 is 2.45 bits per heavy atom. The van der Waals surface area contributed by atoms with Crippen LogP contribution in [0.15, 0.2) is 36.4 Å². The van der Waals surface area contributed by atoms with E-state index in [9.17, 15) is 4.79 Å². The topological polar surface area (TPSA) is 38.3 Å². The standard InChI is InChI=1S/C19H23NO2/c1-5-16-8-6-7-9-17(16)20-18(21)12-22-19-14(3)11-10-13(2)15(19)4/h6-11H,5,12H2,1-4H3,(H,20,21). The van der Waals surface area contributed by atoms with E-state index in [1.165, 1.54) is 0 Å². The Labute approximate surface area is 132 Å². The number of hydrogen-bond donors (Lipinski definition) is 1. The minimum absolute atomic E-state index is 0.0170. The summed E-state index contributed by atoms with van der Waals surface area (Å²) in [7, 11) is 0. The van der Waals surface area contributed by atoms with Crippen LogP contribution in [0.25, 0.3) is 0 Å². The Hall–Kier alpha value is -2.29. The largest absolute Gasteiger partial charge is 0.483 e. The van der Waals surface area contributed by atoms with E-state index in [4.69, 9.17) is 4.74 Å². The zero-order valence-electron chi connectivity index (χ0n) is 13.7. The minimum Gasteiger partial charge on any atom is -0.483 e. The number of carbonyl (C=O) groups excluding carboxylic acids is 1. The zero-order chi connectivity index (χ0) is 16.1. The molecule has 0 aromatic heterocycles. The molecule has 3 nitrogen and oxygen atoms in total. The second-order valence-electron chi connectivity index (χ2n) is 5.50. The number of benzene rings is 2. The lowest BCUT2D eigenvalue weighted by Gasteiger charge is -2.14. The summed E-state index contributed by atoms with van der Waals surface area (Å²) in [4.78, 5) is 12.1. The summed E-state index contributed by atoms with van der Waals surface area (Å²) < 4.78 is 5.74. The van der Waals surface area contributed by atoms with Crippen molar-refractivity contribution in [1.82, 2.24) is 0 Å². The summed E-state index contributed by atoms with van der Waals surface area (Å²) in [5.74, 6) is 0.667. The quantitative estimate of drug-likeness (QED) is 0.898. The average Bonchev–Trinajstić information content (AvgIpc) is 2.51. The molecule has 2 aromatic rings. The fraction of sp³-hybridized carbons (Fsp3) is 0.316. The number of ether oxygens (including phenoxy) is 1.